The highest BCUT2D eigenvalue weighted by Gasteiger charge is 2.23. The van der Waals surface area contributed by atoms with Crippen LogP contribution in [0.25, 0.3) is 99.3 Å². The molecule has 5 heteroatoms. The molecule has 0 amide bonds. The number of benzene rings is 7. The fourth-order valence-corrected chi connectivity index (χ4v) is 7.83. The maximum absolute atomic E-state index is 6.43. The lowest BCUT2D eigenvalue weighted by atomic mass is 10.0. The van der Waals surface area contributed by atoms with Crippen LogP contribution in [0, 0.1) is 0 Å². The maximum Gasteiger partial charge on any atom is 0.235 e. The van der Waals surface area contributed by atoms with Crippen LogP contribution in [0.4, 0.5) is 0 Å². The van der Waals surface area contributed by atoms with Gasteiger partial charge in [-0.05, 0) is 54.6 Å². The highest BCUT2D eigenvalue weighted by molar-refractivity contribution is 6.29. The molecule has 7 aromatic carbocycles. The Morgan fingerprint density at radius 3 is 1.96 bits per heavy atom. The Labute approximate surface area is 279 Å². The van der Waals surface area contributed by atoms with Crippen molar-refractivity contribution in [3.8, 4) is 22.9 Å². The monoisotopic (exact) mass is 626 g/mol. The maximum atomic E-state index is 6.43. The number of hydrogen-bond donors (Lipinski definition) is 0. The second-order valence-electron chi connectivity index (χ2n) is 12.6. The van der Waals surface area contributed by atoms with E-state index in [1.807, 2.05) is 24.3 Å². The molecule has 0 N–H and O–H groups in total. The summed E-state index contributed by atoms with van der Waals surface area (Å²) in [5.41, 5.74) is 10.1. The number of hydrogen-bond acceptors (Lipinski definition) is 3. The number of nitrogens with zero attached hydrogens (tertiary/aromatic N) is 4. The van der Waals surface area contributed by atoms with E-state index in [1.54, 1.807) is 0 Å². The van der Waals surface area contributed by atoms with E-state index < -0.39 is 0 Å². The van der Waals surface area contributed by atoms with Gasteiger partial charge in [0.1, 0.15) is 11.2 Å². The van der Waals surface area contributed by atoms with Gasteiger partial charge in [-0.1, -0.05) is 103 Å². The predicted molar refractivity (Wildman–Crippen MR) is 201 cm³/mol. The highest BCUT2D eigenvalue weighted by Crippen LogP contribution is 2.44. The summed E-state index contributed by atoms with van der Waals surface area (Å²) in [5, 5.41) is 7.89. The number of rotatable bonds is 3. The second kappa shape index (κ2) is 9.89. The molecule has 228 valence electrons. The largest absolute Gasteiger partial charge is 0.456 e. The number of aromatic nitrogens is 4. The molecule has 0 fully saturated rings. The van der Waals surface area contributed by atoms with E-state index >= 15 is 0 Å². The lowest BCUT2D eigenvalue weighted by Gasteiger charge is -2.12. The first kappa shape index (κ1) is 26.4. The normalized spacial score (nSPS) is 12.1. The molecule has 0 bridgehead atoms. The number of fused-ring (bicyclic) bond motifs is 11. The van der Waals surface area contributed by atoms with Crippen LogP contribution in [0.15, 0.2) is 162 Å². The second-order valence-corrected chi connectivity index (χ2v) is 12.6. The fourth-order valence-electron chi connectivity index (χ4n) is 7.83. The molecule has 4 heterocycles. The van der Waals surface area contributed by atoms with Gasteiger partial charge in [-0.15, -0.1) is 0 Å². The zero-order valence-corrected chi connectivity index (χ0v) is 26.2. The molecule has 0 unspecified atom stereocenters. The van der Waals surface area contributed by atoms with E-state index in [2.05, 4.69) is 143 Å². The van der Waals surface area contributed by atoms with Crippen molar-refractivity contribution in [1.29, 1.82) is 0 Å². The van der Waals surface area contributed by atoms with Gasteiger partial charge in [0.15, 0.2) is 0 Å². The summed E-state index contributed by atoms with van der Waals surface area (Å²) in [6, 6.07) is 55.2. The molecule has 0 saturated heterocycles. The Bertz CT molecular complexity index is 3100. The SMILES string of the molecule is c1ccc(-c2nc(-n3c4cc5c(cc4c4c6c(ccc43)oc3ccccc36)c3ccccc3n5-c3ccccc3)nc3ccccc23)cc1. The number of furan rings is 1. The van der Waals surface area contributed by atoms with Crippen molar-refractivity contribution < 1.29 is 4.42 Å². The summed E-state index contributed by atoms with van der Waals surface area (Å²) in [4.78, 5) is 10.6. The summed E-state index contributed by atoms with van der Waals surface area (Å²) in [7, 11) is 0. The molecule has 0 aliphatic rings. The predicted octanol–water partition coefficient (Wildman–Crippen LogP) is 11.4. The van der Waals surface area contributed by atoms with Crippen molar-refractivity contribution in [2.75, 3.05) is 0 Å². The number of para-hydroxylation sites is 4. The topological polar surface area (TPSA) is 48.8 Å². The van der Waals surface area contributed by atoms with Crippen LogP contribution in [0.2, 0.25) is 0 Å². The van der Waals surface area contributed by atoms with Crippen LogP contribution in [0.1, 0.15) is 0 Å². The van der Waals surface area contributed by atoms with Gasteiger partial charge in [0.05, 0.1) is 33.3 Å². The molecule has 11 rings (SSSR count). The van der Waals surface area contributed by atoms with E-state index in [0.717, 1.165) is 77.1 Å². The molecular formula is C44H26N4O. The van der Waals surface area contributed by atoms with Crippen LogP contribution < -0.4 is 0 Å². The Balaban J connectivity index is 1.36. The summed E-state index contributed by atoms with van der Waals surface area (Å²) in [6.45, 7) is 0. The summed E-state index contributed by atoms with van der Waals surface area (Å²) < 4.78 is 11.0. The van der Waals surface area contributed by atoms with Crippen molar-refractivity contribution in [3.05, 3.63) is 158 Å². The van der Waals surface area contributed by atoms with Crippen molar-refractivity contribution in [2.45, 2.75) is 0 Å². The molecular weight excluding hydrogens is 601 g/mol. The summed E-state index contributed by atoms with van der Waals surface area (Å²) >= 11 is 0. The first-order valence-electron chi connectivity index (χ1n) is 16.5. The molecule has 5 nitrogen and oxygen atoms in total. The van der Waals surface area contributed by atoms with Gasteiger partial charge in [-0.2, -0.15) is 0 Å². The first-order chi connectivity index (χ1) is 24.3. The molecule has 0 spiro atoms. The van der Waals surface area contributed by atoms with Gasteiger partial charge in [0.2, 0.25) is 5.95 Å². The molecule has 0 aliphatic heterocycles. The molecule has 4 aromatic heterocycles. The summed E-state index contributed by atoms with van der Waals surface area (Å²) in [6.07, 6.45) is 0. The third kappa shape index (κ3) is 3.70. The quantitative estimate of drug-likeness (QED) is 0.196. The third-order valence-corrected chi connectivity index (χ3v) is 9.92. The van der Waals surface area contributed by atoms with E-state index in [9.17, 15) is 0 Å². The van der Waals surface area contributed by atoms with E-state index in [4.69, 9.17) is 14.4 Å². The van der Waals surface area contributed by atoms with Crippen LogP contribution in [0.5, 0.6) is 0 Å². The van der Waals surface area contributed by atoms with E-state index in [0.29, 0.717) is 5.95 Å². The zero-order chi connectivity index (χ0) is 32.1. The van der Waals surface area contributed by atoms with Crippen LogP contribution in [-0.4, -0.2) is 19.1 Å². The van der Waals surface area contributed by atoms with Crippen LogP contribution in [-0.2, 0) is 0 Å². The minimum Gasteiger partial charge on any atom is -0.456 e. The molecule has 49 heavy (non-hydrogen) atoms. The Morgan fingerprint density at radius 1 is 0.408 bits per heavy atom. The Morgan fingerprint density at radius 2 is 1.10 bits per heavy atom. The molecule has 0 saturated carbocycles. The van der Waals surface area contributed by atoms with E-state index in [-0.39, 0.29) is 0 Å². The Kier molecular flexibility index (Phi) is 5.32. The van der Waals surface area contributed by atoms with Crippen LogP contribution in [0.3, 0.4) is 0 Å². The Hall–Kier alpha value is -6.72. The van der Waals surface area contributed by atoms with Gasteiger partial charge >= 0.3 is 0 Å². The lowest BCUT2D eigenvalue weighted by molar-refractivity contribution is 0.669. The standard InChI is InChI=1S/C44H26N4O/c1-3-13-27(14-4-1)43-30-18-7-10-20-34(30)45-44(46-43)48-36-23-24-40-42(31-19-9-12-22-39(31)49-40)41(36)33-25-32-29-17-8-11-21-35(29)47(37(32)26-38(33)48)28-15-5-2-6-16-28/h1-26H. The molecule has 0 atom stereocenters. The van der Waals surface area contributed by atoms with Gasteiger partial charge < -0.3 is 8.98 Å². The fraction of sp³-hybridized carbons (Fsp3) is 0. The zero-order valence-electron chi connectivity index (χ0n) is 26.2. The van der Waals surface area contributed by atoms with Crippen LogP contribution >= 0.6 is 0 Å². The lowest BCUT2D eigenvalue weighted by Crippen LogP contribution is -2.03. The van der Waals surface area contributed by atoms with Gasteiger partial charge in [-0.25, -0.2) is 9.97 Å². The first-order valence-corrected chi connectivity index (χ1v) is 16.5. The van der Waals surface area contributed by atoms with E-state index in [1.165, 1.54) is 16.3 Å². The average molecular weight is 627 g/mol. The minimum absolute atomic E-state index is 0.631. The average Bonchev–Trinajstić information content (AvgIpc) is 3.81. The summed E-state index contributed by atoms with van der Waals surface area (Å²) in [5.74, 6) is 0.631. The van der Waals surface area contributed by atoms with Gasteiger partial charge in [0, 0.05) is 49.0 Å². The molecule has 11 aromatic rings. The van der Waals surface area contributed by atoms with Crippen molar-refractivity contribution >= 4 is 76.5 Å². The highest BCUT2D eigenvalue weighted by atomic mass is 16.3. The van der Waals surface area contributed by atoms with Crippen molar-refractivity contribution in [3.63, 3.8) is 0 Å². The smallest absolute Gasteiger partial charge is 0.235 e. The molecule has 0 radical (unpaired) electrons. The molecule has 0 aliphatic carbocycles. The van der Waals surface area contributed by atoms with Crippen molar-refractivity contribution in [2.24, 2.45) is 0 Å². The van der Waals surface area contributed by atoms with Crippen molar-refractivity contribution in [1.82, 2.24) is 19.1 Å². The third-order valence-electron chi connectivity index (χ3n) is 9.92. The van der Waals surface area contributed by atoms with Gasteiger partial charge in [0.25, 0.3) is 0 Å². The minimum atomic E-state index is 0.631. The van der Waals surface area contributed by atoms with Gasteiger partial charge in [-0.3, -0.25) is 4.57 Å².